The van der Waals surface area contributed by atoms with Crippen molar-refractivity contribution in [1.29, 1.82) is 0 Å². The average Bonchev–Trinajstić information content (AvgIpc) is 1.62. The van der Waals surface area contributed by atoms with E-state index in [-0.39, 0.29) is 75.1 Å². The third kappa shape index (κ3) is 29.3. The largest absolute Gasteiger partial charge is 1.00 e. The van der Waals surface area contributed by atoms with E-state index in [1.165, 1.54) is 72.8 Å². The van der Waals surface area contributed by atoms with Gasteiger partial charge in [-0.15, -0.1) is 11.7 Å². The summed E-state index contributed by atoms with van der Waals surface area (Å²) in [6.45, 7) is -0.134. The molecule has 3 heterocycles. The van der Waals surface area contributed by atoms with Crippen LogP contribution in [0, 0.1) is 0 Å². The fraction of sp³-hybridized carbons (Fsp3) is 0.141. The van der Waals surface area contributed by atoms with Gasteiger partial charge in [-0.2, -0.15) is 25.3 Å². The normalized spacial score (nSPS) is 11.1. The van der Waals surface area contributed by atoms with E-state index in [4.69, 9.17) is 41.3 Å². The number of ketones is 2. The van der Waals surface area contributed by atoms with Crippen molar-refractivity contribution in [3.8, 4) is 68.3 Å². The van der Waals surface area contributed by atoms with Crippen LogP contribution in [0.4, 0.5) is 40.1 Å². The molecule has 39 heteroatoms. The van der Waals surface area contributed by atoms with Crippen molar-refractivity contribution in [1.82, 2.24) is 20.3 Å². The first-order valence-electron chi connectivity index (χ1n) is 36.0. The molecule has 13 aromatic rings. The third-order valence-corrected chi connectivity index (χ3v) is 22.4. The second kappa shape index (κ2) is 44.1. The van der Waals surface area contributed by atoms with Gasteiger partial charge >= 0.3 is 60.2 Å². The number of Topliss-reactive ketones (excluding diaryl/α,β-unsaturated/α-hetero) is 2. The molecule has 0 fully saturated rings. The van der Waals surface area contributed by atoms with Gasteiger partial charge in [0.1, 0.15) is 10.1 Å². The van der Waals surface area contributed by atoms with Gasteiger partial charge in [0.2, 0.25) is 17.7 Å². The van der Waals surface area contributed by atoms with E-state index in [0.29, 0.717) is 62.8 Å². The van der Waals surface area contributed by atoms with Gasteiger partial charge in [-0.3, -0.25) is 19.2 Å². The molecule has 0 unspecified atom stereocenters. The molecule has 3 N–H and O–H groups in total. The summed E-state index contributed by atoms with van der Waals surface area (Å²) in [6.07, 6.45) is 4.85. The van der Waals surface area contributed by atoms with Crippen LogP contribution in [0.3, 0.4) is 0 Å². The van der Waals surface area contributed by atoms with Crippen molar-refractivity contribution in [3.63, 3.8) is 0 Å². The molecule has 1 amide bonds. The molecule has 124 heavy (non-hydrogen) atoms. The molecule has 3 aromatic heterocycles. The Balaban J connectivity index is 0.000000207. The molecule has 0 radical (unpaired) electrons. The summed E-state index contributed by atoms with van der Waals surface area (Å²) in [5.74, 6) is 2.12. The van der Waals surface area contributed by atoms with E-state index in [2.05, 4.69) is 20.3 Å². The molecular formula is C85H80Cl2F3N10NaO18S5. The SMILES string of the molecule is CN(C)c1ccc(-c2cnc(-c3ccc(S(=O)(=O)Cl)cc3)o2)cc1.CN(C)c1ccc(-c2cnc(-c3ccc(S(=O)(=O)F)cc3)o2)cc1.CN(C)c1ccc(-c2cnc(-c3ccc(S(=O)(=O)[O-])cc3)o2)cc1.CN(C)c1ccc(C(=O)CN)cc1.CN(C)c1ccc(C(=O)CNC(=O)c2ccc(S(=O)(=O)F)cc2)cc1.O=C(Cl)c1ccc(S(=O)(=O)F)cc1.[Na+]. The number of hydrogen-bond acceptors (Lipinski definition) is 27. The standard InChI is InChI=1S/C17H15ClN2O3S.C17H17FN2O4S.C17H15FN2O3S.C17H16N2O4S.C10H14N2O.C7H4ClFO3S.Na/c1-20(2)14-7-3-12(4-8-14)16-11-19-17(23-16)13-5-9-15(10-6-13)24(18,21)22;1-20(2)14-7-3-12(4-8-14)16(21)11-19-17(22)13-5-9-15(10-6-13)25(18,23)24;1-20(2)14-7-3-12(4-8-14)16-11-19-17(23-16)13-5-9-15(10-6-13)24(18,21)22;1-19(2)14-7-3-12(4-8-14)16-11-18-17(23-16)13-5-9-15(10-6-13)24(20,21)22;1-12(2)9-5-3-8(4-6-9)10(13)7-11;8-7(10)5-1-3-6(4-2-5)13(9,11)12;/h3-11H,1-2H3;3-10H,11H2,1-2H3,(H,19,22);3-11H,1-2H3;3-11H,1-2H3,(H,20,21,22);3-6H,7,11H2,1-2H3;1-4H;/q;;;;;;+1/p-1. The topological polar surface area (TPSA) is 394 Å². The van der Waals surface area contributed by atoms with Crippen molar-refractivity contribution < 1.29 is 120 Å². The number of carbonyl (C=O) groups excluding carboxylic acids is 4. The number of nitrogens with one attached hydrogen (secondary N) is 1. The van der Waals surface area contributed by atoms with E-state index in [9.17, 15) is 77.5 Å². The maximum Gasteiger partial charge on any atom is 1.00 e. The van der Waals surface area contributed by atoms with Gasteiger partial charge in [0.15, 0.2) is 28.8 Å². The number of amides is 1. The van der Waals surface area contributed by atoms with Gasteiger partial charge in [-0.1, -0.05) is 0 Å². The Bertz CT molecular complexity index is 6030. The minimum absolute atomic E-state index is 0. The fourth-order valence-electron chi connectivity index (χ4n) is 10.6. The molecule has 0 aliphatic rings. The molecule has 0 atom stereocenters. The average molecular weight is 1840 g/mol. The van der Waals surface area contributed by atoms with Crippen molar-refractivity contribution in [2.24, 2.45) is 5.73 Å². The third-order valence-electron chi connectivity index (χ3n) is 17.4. The maximum atomic E-state index is 12.9. The van der Waals surface area contributed by atoms with Crippen LogP contribution in [0.5, 0.6) is 0 Å². The van der Waals surface area contributed by atoms with Gasteiger partial charge in [-0.05, 0) is 254 Å². The van der Waals surface area contributed by atoms with Gasteiger partial charge in [0.05, 0.1) is 56.2 Å². The van der Waals surface area contributed by atoms with E-state index >= 15 is 0 Å². The second-order valence-electron chi connectivity index (χ2n) is 27.1. The smallest absolute Gasteiger partial charge is 0.744 e. The number of aromatic nitrogens is 3. The number of halogens is 5. The van der Waals surface area contributed by atoms with Gasteiger partial charge in [0.25, 0.3) is 20.2 Å². The van der Waals surface area contributed by atoms with E-state index < -0.39 is 75.7 Å². The Hall–Kier alpha value is -11.7. The van der Waals surface area contributed by atoms with Crippen molar-refractivity contribution in [2.75, 3.05) is 108 Å². The number of anilines is 5. The molecular weight excluding hydrogens is 1760 g/mol. The quantitative estimate of drug-likeness (QED) is 0.0260. The van der Waals surface area contributed by atoms with Crippen LogP contribution in [-0.4, -0.2) is 168 Å². The van der Waals surface area contributed by atoms with Crippen LogP contribution in [0.2, 0.25) is 0 Å². The van der Waals surface area contributed by atoms with Crippen LogP contribution in [0.1, 0.15) is 41.4 Å². The Morgan fingerprint density at radius 3 is 0.839 bits per heavy atom. The van der Waals surface area contributed by atoms with Crippen molar-refractivity contribution in [3.05, 3.63) is 283 Å². The summed E-state index contributed by atoms with van der Waals surface area (Å²) in [5.41, 5.74) is 16.4. The Labute approximate surface area is 747 Å². The summed E-state index contributed by atoms with van der Waals surface area (Å²) >= 11 is 5.09. The number of oxazole rings is 3. The number of hydrogen-bond donors (Lipinski definition) is 2. The number of benzene rings is 10. The minimum atomic E-state index is -4.81. The van der Waals surface area contributed by atoms with Crippen LogP contribution in [0.25, 0.3) is 68.3 Å². The van der Waals surface area contributed by atoms with Crippen LogP contribution < -0.4 is 65.1 Å². The molecule has 10 aromatic carbocycles. The van der Waals surface area contributed by atoms with Gasteiger partial charge < -0.3 is 53.4 Å². The molecule has 13 rings (SSSR count). The molecule has 644 valence electrons. The Kier molecular flexibility index (Phi) is 35.4. The zero-order chi connectivity index (χ0) is 90.5. The molecule has 0 bridgehead atoms. The molecule has 0 saturated heterocycles. The monoisotopic (exact) mass is 1840 g/mol. The first kappa shape index (κ1) is 99.5. The van der Waals surface area contributed by atoms with Crippen molar-refractivity contribution in [2.45, 2.75) is 24.5 Å². The van der Waals surface area contributed by atoms with Crippen LogP contribution in [-0.2, 0) is 49.8 Å². The summed E-state index contributed by atoms with van der Waals surface area (Å²) in [4.78, 5) is 66.6. The Morgan fingerprint density at radius 1 is 0.355 bits per heavy atom. The van der Waals surface area contributed by atoms with E-state index in [1.807, 2.05) is 180 Å². The van der Waals surface area contributed by atoms with Crippen LogP contribution >= 0.6 is 22.3 Å². The van der Waals surface area contributed by atoms with E-state index in [1.54, 1.807) is 67.1 Å². The van der Waals surface area contributed by atoms with Gasteiger partial charge in [-0.25, -0.2) is 31.8 Å². The minimum Gasteiger partial charge on any atom is -0.744 e. The summed E-state index contributed by atoms with van der Waals surface area (Å²) in [5, 5.41) is 1.73. The predicted molar refractivity (Wildman–Crippen MR) is 466 cm³/mol. The summed E-state index contributed by atoms with van der Waals surface area (Å²) < 4.78 is 174. The number of carbonyl (C=O) groups is 4. The first-order valence-corrected chi connectivity index (χ1v) is 44.3. The fourth-order valence-corrected chi connectivity index (χ4v) is 13.3. The molecule has 0 saturated carbocycles. The van der Waals surface area contributed by atoms with E-state index in [0.717, 1.165) is 81.5 Å². The zero-order valence-corrected chi connectivity index (χ0v) is 75.8. The second-order valence-corrected chi connectivity index (χ2v) is 35.5. The molecule has 0 aliphatic carbocycles. The molecule has 0 spiro atoms. The molecule has 0 aliphatic heterocycles. The Morgan fingerprint density at radius 2 is 0.589 bits per heavy atom. The first-order chi connectivity index (χ1) is 57.8. The van der Waals surface area contributed by atoms with Gasteiger partial charge in [0, 0.05) is 165 Å². The number of nitrogens with two attached hydrogens (primary N) is 1. The van der Waals surface area contributed by atoms with Crippen LogP contribution in [0.15, 0.2) is 299 Å². The molecule has 28 nitrogen and oxygen atoms in total. The number of rotatable bonds is 23. The zero-order valence-electron chi connectivity index (χ0n) is 68.2. The number of nitrogens with zero attached hydrogens (tertiary/aromatic N) is 8. The maximum absolute atomic E-state index is 12.9. The summed E-state index contributed by atoms with van der Waals surface area (Å²) in [7, 11) is 2.40. The predicted octanol–water partition coefficient (Wildman–Crippen LogP) is 12.4. The van der Waals surface area contributed by atoms with Crippen molar-refractivity contribution >= 4 is 123 Å². The summed E-state index contributed by atoms with van der Waals surface area (Å²) in [6, 6.07) is 63.3.